The molecular formula is C16H12FNO2. The van der Waals surface area contributed by atoms with Crippen LogP contribution in [0.2, 0.25) is 0 Å². The molecule has 0 unspecified atom stereocenters. The molecule has 1 heterocycles. The first-order chi connectivity index (χ1) is 9.56. The smallest absolute Gasteiger partial charge is 0.228 e. The molecule has 0 saturated heterocycles. The van der Waals surface area contributed by atoms with Crippen molar-refractivity contribution in [1.82, 2.24) is 0 Å². The molecule has 0 atom stereocenters. The van der Waals surface area contributed by atoms with Gasteiger partial charge >= 0.3 is 0 Å². The molecular weight excluding hydrogens is 257 g/mol. The molecule has 3 nitrogen and oxygen atoms in total. The van der Waals surface area contributed by atoms with Crippen molar-refractivity contribution in [2.75, 3.05) is 5.32 Å². The molecule has 1 amide bonds. The van der Waals surface area contributed by atoms with Gasteiger partial charge in [0.15, 0.2) is 5.78 Å². The quantitative estimate of drug-likeness (QED) is 0.852. The second-order valence-electron chi connectivity index (χ2n) is 4.85. The van der Waals surface area contributed by atoms with Gasteiger partial charge in [0.05, 0.1) is 12.1 Å². The van der Waals surface area contributed by atoms with E-state index in [1.807, 2.05) is 19.1 Å². The Kier molecular flexibility index (Phi) is 2.86. The number of ketones is 1. The van der Waals surface area contributed by atoms with E-state index in [1.54, 1.807) is 0 Å². The highest BCUT2D eigenvalue weighted by Crippen LogP contribution is 2.31. The molecule has 2 aromatic carbocycles. The molecule has 0 radical (unpaired) electrons. The molecule has 0 saturated carbocycles. The van der Waals surface area contributed by atoms with Crippen LogP contribution in [0.3, 0.4) is 0 Å². The van der Waals surface area contributed by atoms with E-state index >= 15 is 0 Å². The largest absolute Gasteiger partial charge is 0.325 e. The van der Waals surface area contributed by atoms with Crippen molar-refractivity contribution in [3.05, 3.63) is 64.5 Å². The first kappa shape index (κ1) is 12.5. The predicted molar refractivity (Wildman–Crippen MR) is 73.3 cm³/mol. The number of nitrogens with one attached hydrogen (secondary N) is 1. The fraction of sp³-hybridized carbons (Fsp3) is 0.125. The van der Waals surface area contributed by atoms with Gasteiger partial charge in [-0.05, 0) is 42.3 Å². The number of hydrogen-bond donors (Lipinski definition) is 1. The lowest BCUT2D eigenvalue weighted by atomic mass is 9.95. The summed E-state index contributed by atoms with van der Waals surface area (Å²) < 4.78 is 12.9. The summed E-state index contributed by atoms with van der Waals surface area (Å²) >= 11 is 0. The van der Waals surface area contributed by atoms with Crippen molar-refractivity contribution in [3.63, 3.8) is 0 Å². The number of rotatable bonds is 2. The summed E-state index contributed by atoms with van der Waals surface area (Å²) in [6.07, 6.45) is 0.291. The van der Waals surface area contributed by atoms with Crippen LogP contribution < -0.4 is 5.32 Å². The van der Waals surface area contributed by atoms with E-state index in [1.165, 1.54) is 24.3 Å². The van der Waals surface area contributed by atoms with Gasteiger partial charge in [-0.1, -0.05) is 12.1 Å². The normalized spacial score (nSPS) is 13.0. The van der Waals surface area contributed by atoms with Crippen molar-refractivity contribution in [3.8, 4) is 0 Å². The zero-order chi connectivity index (χ0) is 14.3. The molecule has 0 aromatic heterocycles. The third-order valence-electron chi connectivity index (χ3n) is 3.45. The maximum atomic E-state index is 12.9. The highest BCUT2D eigenvalue weighted by Gasteiger charge is 2.25. The number of carbonyl (C=O) groups is 2. The standard InChI is InChI=1S/C16H12FNO2/c1-9-2-3-11-8-13(19)18-15(11)14(9)16(20)10-4-6-12(17)7-5-10/h2-7H,8H2,1H3,(H,18,19). The molecule has 0 bridgehead atoms. The number of anilines is 1. The van der Waals surface area contributed by atoms with E-state index in [4.69, 9.17) is 0 Å². The predicted octanol–water partition coefficient (Wildman–Crippen LogP) is 2.86. The van der Waals surface area contributed by atoms with Gasteiger partial charge in [-0.25, -0.2) is 4.39 Å². The monoisotopic (exact) mass is 269 g/mol. The number of amides is 1. The summed E-state index contributed by atoms with van der Waals surface area (Å²) in [6, 6.07) is 9.09. The fourth-order valence-corrected chi connectivity index (χ4v) is 2.43. The summed E-state index contributed by atoms with van der Waals surface area (Å²) in [4.78, 5) is 24.1. The Hall–Kier alpha value is -2.49. The van der Waals surface area contributed by atoms with Crippen molar-refractivity contribution in [1.29, 1.82) is 0 Å². The highest BCUT2D eigenvalue weighted by molar-refractivity contribution is 6.16. The van der Waals surface area contributed by atoms with Crippen LogP contribution in [0.25, 0.3) is 0 Å². The number of hydrogen-bond acceptors (Lipinski definition) is 2. The second-order valence-corrected chi connectivity index (χ2v) is 4.85. The highest BCUT2D eigenvalue weighted by atomic mass is 19.1. The Morgan fingerprint density at radius 1 is 1.15 bits per heavy atom. The van der Waals surface area contributed by atoms with E-state index in [-0.39, 0.29) is 17.5 Å². The van der Waals surface area contributed by atoms with E-state index in [2.05, 4.69) is 5.32 Å². The zero-order valence-electron chi connectivity index (χ0n) is 10.9. The third-order valence-corrected chi connectivity index (χ3v) is 3.45. The minimum absolute atomic E-state index is 0.112. The molecule has 20 heavy (non-hydrogen) atoms. The van der Waals surface area contributed by atoms with Crippen LogP contribution in [0.4, 0.5) is 10.1 Å². The zero-order valence-corrected chi connectivity index (χ0v) is 10.9. The number of benzene rings is 2. The first-order valence-electron chi connectivity index (χ1n) is 6.29. The number of halogens is 1. The lowest BCUT2D eigenvalue weighted by Gasteiger charge is -2.10. The van der Waals surface area contributed by atoms with Crippen LogP contribution >= 0.6 is 0 Å². The fourth-order valence-electron chi connectivity index (χ4n) is 2.43. The SMILES string of the molecule is Cc1ccc2c(c1C(=O)c1ccc(F)cc1)NC(=O)C2. The van der Waals surface area contributed by atoms with Gasteiger partial charge in [-0.3, -0.25) is 9.59 Å². The van der Waals surface area contributed by atoms with Crippen molar-refractivity contribution in [2.45, 2.75) is 13.3 Å². The molecule has 1 N–H and O–H groups in total. The van der Waals surface area contributed by atoms with Gasteiger partial charge in [0, 0.05) is 11.1 Å². The average molecular weight is 269 g/mol. The molecule has 3 rings (SSSR count). The first-order valence-corrected chi connectivity index (χ1v) is 6.29. The molecule has 1 aliphatic heterocycles. The lowest BCUT2D eigenvalue weighted by molar-refractivity contribution is -0.115. The van der Waals surface area contributed by atoms with Crippen LogP contribution in [-0.2, 0) is 11.2 Å². The minimum atomic E-state index is -0.384. The summed E-state index contributed by atoms with van der Waals surface area (Å²) in [5, 5.41) is 2.74. The summed E-state index contributed by atoms with van der Waals surface area (Å²) in [7, 11) is 0. The second kappa shape index (κ2) is 4.56. The molecule has 1 aliphatic rings. The van der Waals surface area contributed by atoms with Crippen LogP contribution in [0.15, 0.2) is 36.4 Å². The molecule has 100 valence electrons. The van der Waals surface area contributed by atoms with Gasteiger partial charge in [-0.15, -0.1) is 0 Å². The van der Waals surface area contributed by atoms with Crippen LogP contribution in [0.1, 0.15) is 27.0 Å². The Morgan fingerprint density at radius 3 is 2.55 bits per heavy atom. The van der Waals surface area contributed by atoms with Gasteiger partial charge in [0.2, 0.25) is 5.91 Å². The Labute approximate surface area is 115 Å². The molecule has 4 heteroatoms. The molecule has 0 fully saturated rings. The topological polar surface area (TPSA) is 46.2 Å². The van der Waals surface area contributed by atoms with Crippen molar-refractivity contribution in [2.24, 2.45) is 0 Å². The Bertz CT molecular complexity index is 720. The summed E-state index contributed by atoms with van der Waals surface area (Å²) in [5.74, 6) is -0.704. The van der Waals surface area contributed by atoms with Crippen LogP contribution in [-0.4, -0.2) is 11.7 Å². The van der Waals surface area contributed by atoms with Crippen LogP contribution in [0, 0.1) is 12.7 Å². The van der Waals surface area contributed by atoms with E-state index < -0.39 is 0 Å². The lowest BCUT2D eigenvalue weighted by Crippen LogP contribution is -2.10. The van der Waals surface area contributed by atoms with Gasteiger partial charge in [0.1, 0.15) is 5.82 Å². The van der Waals surface area contributed by atoms with E-state index in [9.17, 15) is 14.0 Å². The van der Waals surface area contributed by atoms with Crippen molar-refractivity contribution < 1.29 is 14.0 Å². The van der Waals surface area contributed by atoms with Crippen molar-refractivity contribution >= 4 is 17.4 Å². The van der Waals surface area contributed by atoms with Crippen LogP contribution in [0.5, 0.6) is 0 Å². The Balaban J connectivity index is 2.11. The maximum absolute atomic E-state index is 12.9. The molecule has 0 spiro atoms. The van der Waals surface area contributed by atoms with Gasteiger partial charge < -0.3 is 5.32 Å². The Morgan fingerprint density at radius 2 is 1.85 bits per heavy atom. The van der Waals surface area contributed by atoms with E-state index in [0.717, 1.165) is 11.1 Å². The summed E-state index contributed by atoms with van der Waals surface area (Å²) in [5.41, 5.74) is 3.10. The number of aryl methyl sites for hydroxylation is 1. The van der Waals surface area contributed by atoms with E-state index in [0.29, 0.717) is 23.2 Å². The number of carbonyl (C=O) groups excluding carboxylic acids is 2. The molecule has 0 aliphatic carbocycles. The number of fused-ring (bicyclic) bond motifs is 1. The average Bonchev–Trinajstić information content (AvgIpc) is 2.79. The van der Waals surface area contributed by atoms with Gasteiger partial charge in [-0.2, -0.15) is 0 Å². The third kappa shape index (κ3) is 1.99. The maximum Gasteiger partial charge on any atom is 0.228 e. The van der Waals surface area contributed by atoms with Gasteiger partial charge in [0.25, 0.3) is 0 Å². The molecule has 2 aromatic rings. The summed E-state index contributed by atoms with van der Waals surface area (Å²) in [6.45, 7) is 1.82. The minimum Gasteiger partial charge on any atom is -0.325 e.